The van der Waals surface area contributed by atoms with Gasteiger partial charge < -0.3 is 0 Å². The Kier molecular flexibility index (Phi) is 3.62. The van der Waals surface area contributed by atoms with Crippen molar-refractivity contribution in [3.8, 4) is 0 Å². The topological polar surface area (TPSA) is 124 Å². The standard InChI is InChI=1S/C8H9N3O6S/c1-9(2)18(16,17)8-4-3-6(10(12)13)5-7(8)11(14)15/h3-5H,1-2H3. The summed E-state index contributed by atoms with van der Waals surface area (Å²) in [7, 11) is -1.61. The first-order chi connectivity index (χ1) is 8.17. The fraction of sp³-hybridized carbons (Fsp3) is 0.250. The fourth-order valence-corrected chi connectivity index (χ4v) is 2.21. The number of hydrogen-bond acceptors (Lipinski definition) is 6. The molecule has 0 radical (unpaired) electrons. The van der Waals surface area contributed by atoms with Crippen molar-refractivity contribution < 1.29 is 18.3 Å². The van der Waals surface area contributed by atoms with Crippen molar-refractivity contribution in [1.82, 2.24) is 4.31 Å². The molecule has 0 aliphatic heterocycles. The highest BCUT2D eigenvalue weighted by Crippen LogP contribution is 2.29. The van der Waals surface area contributed by atoms with E-state index < -0.39 is 36.1 Å². The summed E-state index contributed by atoms with van der Waals surface area (Å²) >= 11 is 0. The van der Waals surface area contributed by atoms with E-state index in [0.29, 0.717) is 6.07 Å². The van der Waals surface area contributed by atoms with Gasteiger partial charge in [0.2, 0.25) is 10.0 Å². The maximum Gasteiger partial charge on any atom is 0.296 e. The molecule has 0 saturated carbocycles. The molecule has 0 heterocycles. The second kappa shape index (κ2) is 4.66. The largest absolute Gasteiger partial charge is 0.296 e. The minimum atomic E-state index is -4.03. The third kappa shape index (κ3) is 2.43. The lowest BCUT2D eigenvalue weighted by Gasteiger charge is -2.10. The van der Waals surface area contributed by atoms with Gasteiger partial charge in [-0.2, -0.15) is 0 Å². The van der Waals surface area contributed by atoms with E-state index in [1.165, 1.54) is 14.1 Å². The van der Waals surface area contributed by atoms with Crippen molar-refractivity contribution in [2.75, 3.05) is 14.1 Å². The molecule has 0 amide bonds. The molecule has 1 aromatic rings. The Balaban J connectivity index is 3.57. The first-order valence-corrected chi connectivity index (χ1v) is 5.97. The first kappa shape index (κ1) is 14.0. The molecule has 18 heavy (non-hydrogen) atoms. The van der Waals surface area contributed by atoms with Crippen LogP contribution in [0, 0.1) is 20.2 Å². The smallest absolute Gasteiger partial charge is 0.258 e. The van der Waals surface area contributed by atoms with Crippen molar-refractivity contribution in [3.63, 3.8) is 0 Å². The second-order valence-electron chi connectivity index (χ2n) is 3.45. The van der Waals surface area contributed by atoms with E-state index >= 15 is 0 Å². The molecule has 9 nitrogen and oxygen atoms in total. The number of hydrogen-bond donors (Lipinski definition) is 0. The van der Waals surface area contributed by atoms with E-state index in [0.717, 1.165) is 16.4 Å². The van der Waals surface area contributed by atoms with Crippen LogP contribution >= 0.6 is 0 Å². The Labute approximate surface area is 102 Å². The van der Waals surface area contributed by atoms with Crippen LogP contribution in [-0.2, 0) is 10.0 Å². The van der Waals surface area contributed by atoms with E-state index in [2.05, 4.69) is 0 Å². The van der Waals surface area contributed by atoms with Gasteiger partial charge in [-0.15, -0.1) is 0 Å². The van der Waals surface area contributed by atoms with E-state index in [1.54, 1.807) is 0 Å². The Bertz CT molecular complexity index is 609. The van der Waals surface area contributed by atoms with Gasteiger partial charge in [0.1, 0.15) is 0 Å². The van der Waals surface area contributed by atoms with E-state index in [1.807, 2.05) is 0 Å². The van der Waals surface area contributed by atoms with Gasteiger partial charge in [0, 0.05) is 20.2 Å². The quantitative estimate of drug-likeness (QED) is 0.590. The van der Waals surface area contributed by atoms with Crippen molar-refractivity contribution >= 4 is 21.4 Å². The van der Waals surface area contributed by atoms with Gasteiger partial charge in [0.05, 0.1) is 15.9 Å². The molecular weight excluding hydrogens is 266 g/mol. The molecule has 0 spiro atoms. The summed E-state index contributed by atoms with van der Waals surface area (Å²) in [5.74, 6) is 0. The monoisotopic (exact) mass is 275 g/mol. The second-order valence-corrected chi connectivity index (χ2v) is 5.57. The SMILES string of the molecule is CN(C)S(=O)(=O)c1ccc([N+](=O)[O-])cc1[N+](=O)[O-]. The third-order valence-electron chi connectivity index (χ3n) is 2.11. The average Bonchev–Trinajstić information content (AvgIpc) is 2.27. The highest BCUT2D eigenvalue weighted by molar-refractivity contribution is 7.89. The molecule has 0 aromatic heterocycles. The molecule has 0 aliphatic carbocycles. The molecule has 0 atom stereocenters. The zero-order valence-electron chi connectivity index (χ0n) is 9.43. The van der Waals surface area contributed by atoms with Gasteiger partial charge >= 0.3 is 0 Å². The van der Waals surface area contributed by atoms with Crippen LogP contribution < -0.4 is 0 Å². The number of non-ortho nitro benzene ring substituents is 1. The van der Waals surface area contributed by atoms with Crippen LogP contribution in [0.3, 0.4) is 0 Å². The molecule has 0 bridgehead atoms. The minimum absolute atomic E-state index is 0.542. The minimum Gasteiger partial charge on any atom is -0.258 e. The molecular formula is C8H9N3O6S. The zero-order chi connectivity index (χ0) is 14.1. The summed E-state index contributed by atoms with van der Waals surface area (Å²) in [6, 6.07) is 2.38. The molecule has 0 aliphatic rings. The Morgan fingerprint density at radius 3 is 2.06 bits per heavy atom. The number of nitro groups is 2. The Morgan fingerprint density at radius 2 is 1.67 bits per heavy atom. The van der Waals surface area contributed by atoms with Gasteiger partial charge in [0.25, 0.3) is 11.4 Å². The van der Waals surface area contributed by atoms with Gasteiger partial charge in [-0.25, -0.2) is 12.7 Å². The van der Waals surface area contributed by atoms with Crippen LogP contribution in [0.25, 0.3) is 0 Å². The Hall–Kier alpha value is -2.07. The normalized spacial score (nSPS) is 11.5. The summed E-state index contributed by atoms with van der Waals surface area (Å²) in [5.41, 5.74) is -1.36. The van der Waals surface area contributed by atoms with Crippen LogP contribution in [0.15, 0.2) is 23.1 Å². The summed E-state index contributed by atoms with van der Waals surface area (Å²) in [5, 5.41) is 21.3. The van der Waals surface area contributed by atoms with Crippen LogP contribution in [-0.4, -0.2) is 36.7 Å². The lowest BCUT2D eigenvalue weighted by molar-refractivity contribution is -0.396. The van der Waals surface area contributed by atoms with Crippen molar-refractivity contribution in [2.45, 2.75) is 4.90 Å². The molecule has 0 N–H and O–H groups in total. The fourth-order valence-electron chi connectivity index (χ4n) is 1.18. The predicted molar refractivity (Wildman–Crippen MR) is 60.6 cm³/mol. The van der Waals surface area contributed by atoms with Crippen molar-refractivity contribution in [1.29, 1.82) is 0 Å². The van der Waals surface area contributed by atoms with E-state index in [4.69, 9.17) is 0 Å². The van der Waals surface area contributed by atoms with Crippen LogP contribution in [0.4, 0.5) is 11.4 Å². The Morgan fingerprint density at radius 1 is 1.11 bits per heavy atom. The molecule has 1 aromatic carbocycles. The predicted octanol–water partition coefficient (Wildman–Crippen LogP) is 0.753. The third-order valence-corrected chi connectivity index (χ3v) is 3.97. The summed E-state index contributed by atoms with van der Waals surface area (Å²) in [6.07, 6.45) is 0. The van der Waals surface area contributed by atoms with Gasteiger partial charge in [-0.1, -0.05) is 0 Å². The molecule has 0 saturated heterocycles. The van der Waals surface area contributed by atoms with E-state index in [9.17, 15) is 28.6 Å². The summed E-state index contributed by atoms with van der Waals surface area (Å²) in [4.78, 5) is 18.9. The van der Waals surface area contributed by atoms with E-state index in [-0.39, 0.29) is 0 Å². The van der Waals surface area contributed by atoms with Gasteiger partial charge in [-0.3, -0.25) is 20.2 Å². The zero-order valence-corrected chi connectivity index (χ0v) is 10.2. The van der Waals surface area contributed by atoms with Gasteiger partial charge in [0.15, 0.2) is 4.90 Å². The van der Waals surface area contributed by atoms with Gasteiger partial charge in [-0.05, 0) is 6.07 Å². The van der Waals surface area contributed by atoms with Crippen LogP contribution in [0.2, 0.25) is 0 Å². The first-order valence-electron chi connectivity index (χ1n) is 4.53. The lowest BCUT2D eigenvalue weighted by atomic mass is 10.3. The molecule has 0 unspecified atom stereocenters. The number of benzene rings is 1. The number of nitro benzene ring substituents is 2. The number of nitrogens with zero attached hydrogens (tertiary/aromatic N) is 3. The summed E-state index contributed by atoms with van der Waals surface area (Å²) in [6.45, 7) is 0. The van der Waals surface area contributed by atoms with Crippen molar-refractivity contribution in [2.24, 2.45) is 0 Å². The molecule has 0 fully saturated rings. The molecule has 98 valence electrons. The lowest BCUT2D eigenvalue weighted by Crippen LogP contribution is -2.23. The molecule has 1 rings (SSSR count). The van der Waals surface area contributed by atoms with Crippen LogP contribution in [0.1, 0.15) is 0 Å². The number of rotatable bonds is 4. The molecule has 10 heteroatoms. The maximum atomic E-state index is 11.8. The highest BCUT2D eigenvalue weighted by Gasteiger charge is 2.29. The van der Waals surface area contributed by atoms with Crippen LogP contribution in [0.5, 0.6) is 0 Å². The summed E-state index contributed by atoms with van der Waals surface area (Å²) < 4.78 is 24.4. The highest BCUT2D eigenvalue weighted by atomic mass is 32.2. The average molecular weight is 275 g/mol. The number of sulfonamides is 1. The maximum absolute atomic E-state index is 11.8. The van der Waals surface area contributed by atoms with Crippen molar-refractivity contribution in [3.05, 3.63) is 38.4 Å².